The molecule has 1 aliphatic heterocycles. The topological polar surface area (TPSA) is 96.0 Å². The number of hydrogen-bond donors (Lipinski definition) is 0. The van der Waals surface area contributed by atoms with Gasteiger partial charge in [-0.15, -0.1) is 0 Å². The van der Waals surface area contributed by atoms with E-state index >= 15 is 0 Å². The van der Waals surface area contributed by atoms with E-state index in [1.165, 1.54) is 7.11 Å². The minimum atomic E-state index is -0.621. The average Bonchev–Trinajstić information content (AvgIpc) is 3.20. The molecule has 0 saturated carbocycles. The van der Waals surface area contributed by atoms with Crippen LogP contribution in [0.3, 0.4) is 0 Å². The van der Waals surface area contributed by atoms with Crippen molar-refractivity contribution in [2.75, 3.05) is 62.3 Å². The summed E-state index contributed by atoms with van der Waals surface area (Å²) in [4.78, 5) is 30.4. The summed E-state index contributed by atoms with van der Waals surface area (Å²) >= 11 is 0. The number of nitrogens with zero attached hydrogens (tertiary/aromatic N) is 2. The van der Waals surface area contributed by atoms with Gasteiger partial charge in [0, 0.05) is 31.8 Å². The van der Waals surface area contributed by atoms with Crippen LogP contribution in [0.1, 0.15) is 29.5 Å². The summed E-state index contributed by atoms with van der Waals surface area (Å²) < 4.78 is 32.5. The fourth-order valence-electron chi connectivity index (χ4n) is 5.40. The third-order valence-electron chi connectivity index (χ3n) is 7.50. The average molecular weight is 555 g/mol. The van der Waals surface area contributed by atoms with E-state index in [1.807, 2.05) is 35.2 Å². The maximum absolute atomic E-state index is 13.7. The number of benzene rings is 2. The molecule has 216 valence electrons. The first kappa shape index (κ1) is 29.1. The smallest absolute Gasteiger partial charge is 0.324 e. The second-order valence-corrected chi connectivity index (χ2v) is 9.72. The first-order chi connectivity index (χ1) is 19.4. The first-order valence-electron chi connectivity index (χ1n) is 13.2. The molecule has 1 aliphatic carbocycles. The van der Waals surface area contributed by atoms with Crippen LogP contribution >= 0.6 is 0 Å². The quantitative estimate of drug-likeness (QED) is 0.433. The highest BCUT2D eigenvalue weighted by atomic mass is 16.5. The van der Waals surface area contributed by atoms with Crippen LogP contribution < -0.4 is 23.7 Å². The van der Waals surface area contributed by atoms with Gasteiger partial charge in [-0.05, 0) is 66.3 Å². The molecule has 10 nitrogen and oxygen atoms in total. The standard InChI is InChI=1S/C30H38N2O8/c1-35-24-15-20-8-7-9-21(14-22(20)16-25(24)36-2)29(33)32-11-10-31(23(18-32)30(34)40-6)17-19-12-26(37-3)28(39-5)27(13-19)38-4/h12-16,23H,7-11,17-18H2,1-6H3. The maximum atomic E-state index is 13.7. The summed E-state index contributed by atoms with van der Waals surface area (Å²) in [7, 11) is 9.27. The highest BCUT2D eigenvalue weighted by Crippen LogP contribution is 2.39. The lowest BCUT2D eigenvalue weighted by atomic mass is 10.0. The van der Waals surface area contributed by atoms with E-state index in [0.29, 0.717) is 60.4 Å². The van der Waals surface area contributed by atoms with Crippen molar-refractivity contribution >= 4 is 18.0 Å². The molecule has 1 amide bonds. The van der Waals surface area contributed by atoms with Gasteiger partial charge in [0.15, 0.2) is 23.0 Å². The van der Waals surface area contributed by atoms with E-state index in [-0.39, 0.29) is 18.4 Å². The van der Waals surface area contributed by atoms with Crippen LogP contribution in [-0.2, 0) is 27.3 Å². The fraction of sp³-hybridized carbons (Fsp3) is 0.467. The molecule has 2 aliphatic rings. The van der Waals surface area contributed by atoms with Crippen LogP contribution in [0.25, 0.3) is 6.08 Å². The highest BCUT2D eigenvalue weighted by molar-refractivity contribution is 5.98. The molecule has 1 unspecified atom stereocenters. The molecule has 1 atom stereocenters. The van der Waals surface area contributed by atoms with Gasteiger partial charge >= 0.3 is 5.97 Å². The van der Waals surface area contributed by atoms with Crippen molar-refractivity contribution in [1.82, 2.24) is 9.80 Å². The van der Waals surface area contributed by atoms with Crippen molar-refractivity contribution in [3.63, 3.8) is 0 Å². The van der Waals surface area contributed by atoms with Gasteiger partial charge in [0.25, 0.3) is 0 Å². The number of rotatable bonds is 9. The molecule has 0 N–H and O–H groups in total. The normalized spacial score (nSPS) is 17.2. The van der Waals surface area contributed by atoms with Crippen molar-refractivity contribution in [3.8, 4) is 28.7 Å². The fourth-order valence-corrected chi connectivity index (χ4v) is 5.40. The van der Waals surface area contributed by atoms with Crippen molar-refractivity contribution in [2.45, 2.75) is 31.8 Å². The Morgan fingerprint density at radius 2 is 1.45 bits per heavy atom. The van der Waals surface area contributed by atoms with Gasteiger partial charge in [-0.1, -0.05) is 0 Å². The molecule has 4 rings (SSSR count). The molecule has 1 fully saturated rings. The lowest BCUT2D eigenvalue weighted by Gasteiger charge is -2.40. The number of hydrogen-bond acceptors (Lipinski definition) is 9. The van der Waals surface area contributed by atoms with Crippen LogP contribution in [0, 0.1) is 0 Å². The van der Waals surface area contributed by atoms with Gasteiger partial charge in [0.05, 0.1) is 42.7 Å². The molecule has 1 saturated heterocycles. The maximum Gasteiger partial charge on any atom is 0.324 e. The Hall–Kier alpha value is -3.92. The van der Waals surface area contributed by atoms with Crippen LogP contribution in [0.4, 0.5) is 0 Å². The van der Waals surface area contributed by atoms with Gasteiger partial charge in [0.1, 0.15) is 6.04 Å². The van der Waals surface area contributed by atoms with Gasteiger partial charge < -0.3 is 33.3 Å². The van der Waals surface area contributed by atoms with E-state index in [2.05, 4.69) is 0 Å². The number of esters is 1. The minimum Gasteiger partial charge on any atom is -0.493 e. The van der Waals surface area contributed by atoms with Crippen molar-refractivity contribution in [1.29, 1.82) is 0 Å². The third-order valence-corrected chi connectivity index (χ3v) is 7.50. The summed E-state index contributed by atoms with van der Waals surface area (Å²) in [5.41, 5.74) is 3.66. The van der Waals surface area contributed by atoms with Crippen molar-refractivity contribution in [3.05, 3.63) is 46.5 Å². The van der Waals surface area contributed by atoms with Crippen LogP contribution in [0.2, 0.25) is 0 Å². The van der Waals surface area contributed by atoms with E-state index < -0.39 is 6.04 Å². The molecule has 0 bridgehead atoms. The molecular weight excluding hydrogens is 516 g/mol. The van der Waals surface area contributed by atoms with Gasteiger partial charge in [-0.3, -0.25) is 14.5 Å². The Morgan fingerprint density at radius 3 is 2.05 bits per heavy atom. The number of carbonyl (C=O) groups excluding carboxylic acids is 2. The predicted molar refractivity (Wildman–Crippen MR) is 149 cm³/mol. The van der Waals surface area contributed by atoms with Crippen LogP contribution in [-0.4, -0.2) is 90.0 Å². The Morgan fingerprint density at radius 1 is 0.800 bits per heavy atom. The third kappa shape index (κ3) is 5.96. The molecule has 0 spiro atoms. The SMILES string of the molecule is COC(=O)C1CN(C(=O)C2=Cc3cc(OC)c(OC)cc3CCC2)CCN1Cc1cc(OC)c(OC)c(OC)c1. The number of ether oxygens (including phenoxy) is 6. The summed E-state index contributed by atoms with van der Waals surface area (Å²) in [5, 5.41) is 0. The summed E-state index contributed by atoms with van der Waals surface area (Å²) in [6, 6.07) is 7.01. The second-order valence-electron chi connectivity index (χ2n) is 9.72. The van der Waals surface area contributed by atoms with Gasteiger partial charge in [-0.25, -0.2) is 0 Å². The number of carbonyl (C=O) groups is 2. The van der Waals surface area contributed by atoms with Gasteiger partial charge in [0.2, 0.25) is 11.7 Å². The largest absolute Gasteiger partial charge is 0.493 e. The van der Waals surface area contributed by atoms with Crippen molar-refractivity contribution in [2.24, 2.45) is 0 Å². The predicted octanol–water partition coefficient (Wildman–Crippen LogP) is 3.34. The molecule has 0 radical (unpaired) electrons. The van der Waals surface area contributed by atoms with E-state index in [0.717, 1.165) is 29.5 Å². The van der Waals surface area contributed by atoms with E-state index in [1.54, 1.807) is 40.4 Å². The number of amides is 1. The number of piperazine rings is 1. The van der Waals surface area contributed by atoms with Crippen LogP contribution in [0.15, 0.2) is 29.8 Å². The zero-order chi connectivity index (χ0) is 28.8. The molecule has 1 heterocycles. The second kappa shape index (κ2) is 13.0. The van der Waals surface area contributed by atoms with Crippen LogP contribution in [0.5, 0.6) is 28.7 Å². The molecular formula is C30H38N2O8. The Labute approximate surface area is 235 Å². The van der Waals surface area contributed by atoms with E-state index in [4.69, 9.17) is 28.4 Å². The molecule has 2 aromatic carbocycles. The first-order valence-corrected chi connectivity index (χ1v) is 13.2. The lowest BCUT2D eigenvalue weighted by Crippen LogP contribution is -2.57. The zero-order valence-corrected chi connectivity index (χ0v) is 24.1. The molecule has 2 aromatic rings. The number of fused-ring (bicyclic) bond motifs is 1. The molecule has 0 aromatic heterocycles. The van der Waals surface area contributed by atoms with Crippen molar-refractivity contribution < 1.29 is 38.0 Å². The number of methoxy groups -OCH3 is 6. The zero-order valence-electron chi connectivity index (χ0n) is 24.1. The highest BCUT2D eigenvalue weighted by Gasteiger charge is 2.36. The Kier molecular flexibility index (Phi) is 9.42. The summed E-state index contributed by atoms with van der Waals surface area (Å²) in [6.07, 6.45) is 4.26. The number of aryl methyl sites for hydroxylation is 1. The monoisotopic (exact) mass is 554 g/mol. The Balaban J connectivity index is 1.56. The molecule has 10 heteroatoms. The Bertz CT molecular complexity index is 1250. The van der Waals surface area contributed by atoms with Gasteiger partial charge in [-0.2, -0.15) is 0 Å². The lowest BCUT2D eigenvalue weighted by molar-refractivity contribution is -0.151. The summed E-state index contributed by atoms with van der Waals surface area (Å²) in [5.74, 6) is 2.42. The summed E-state index contributed by atoms with van der Waals surface area (Å²) in [6.45, 7) is 1.65. The van der Waals surface area contributed by atoms with E-state index in [9.17, 15) is 9.59 Å². The minimum absolute atomic E-state index is 0.0658. The molecule has 40 heavy (non-hydrogen) atoms.